The van der Waals surface area contributed by atoms with Gasteiger partial charge < -0.3 is 5.73 Å². The van der Waals surface area contributed by atoms with Crippen LogP contribution in [-0.4, -0.2) is 18.9 Å². The highest BCUT2D eigenvalue weighted by molar-refractivity contribution is 5.96. The van der Waals surface area contributed by atoms with Crippen LogP contribution < -0.4 is 11.1 Å². The van der Waals surface area contributed by atoms with E-state index in [1.807, 2.05) is 6.92 Å². The Morgan fingerprint density at radius 1 is 1.50 bits per heavy atom. The third-order valence-corrected chi connectivity index (χ3v) is 2.18. The van der Waals surface area contributed by atoms with Gasteiger partial charge in [0, 0.05) is 13.0 Å². The highest BCUT2D eigenvalue weighted by Gasteiger charge is 2.12. The van der Waals surface area contributed by atoms with Gasteiger partial charge in [0.2, 0.25) is 5.91 Å². The van der Waals surface area contributed by atoms with Crippen molar-refractivity contribution in [3.05, 3.63) is 0 Å². The maximum absolute atomic E-state index is 11.4. The van der Waals surface area contributed by atoms with E-state index in [4.69, 9.17) is 5.73 Å². The van der Waals surface area contributed by atoms with Crippen LogP contribution in [0, 0.1) is 5.92 Å². The Balaban J connectivity index is 3.76. The monoisotopic (exact) mass is 199 g/mol. The number of nitrogens with zero attached hydrogens (tertiary/aromatic N) is 1. The fraction of sp³-hybridized carbons (Fsp3) is 0.800. The van der Waals surface area contributed by atoms with Crippen molar-refractivity contribution in [3.63, 3.8) is 0 Å². The summed E-state index contributed by atoms with van der Waals surface area (Å²) in [4.78, 5) is 15.1. The third-order valence-electron chi connectivity index (χ3n) is 2.18. The van der Waals surface area contributed by atoms with E-state index in [2.05, 4.69) is 17.2 Å². The number of unbranched alkanes of at least 4 members (excludes halogenated alkanes) is 2. The van der Waals surface area contributed by atoms with Gasteiger partial charge in [0.25, 0.3) is 0 Å². The van der Waals surface area contributed by atoms with Gasteiger partial charge in [-0.2, -0.15) is 0 Å². The molecule has 82 valence electrons. The predicted octanol–water partition coefficient (Wildman–Crippen LogP) is 1.26. The van der Waals surface area contributed by atoms with Crippen molar-refractivity contribution in [3.8, 4) is 0 Å². The largest absolute Gasteiger partial charge is 0.370 e. The Bertz CT molecular complexity index is 202. The SMILES string of the molecule is CCCCCC(C)C(=O)NC(N)=NC. The molecule has 4 heteroatoms. The Hall–Kier alpha value is -1.06. The van der Waals surface area contributed by atoms with Gasteiger partial charge >= 0.3 is 0 Å². The van der Waals surface area contributed by atoms with Gasteiger partial charge in [0.15, 0.2) is 5.96 Å². The van der Waals surface area contributed by atoms with Gasteiger partial charge in [0.05, 0.1) is 0 Å². The van der Waals surface area contributed by atoms with Crippen molar-refractivity contribution in [1.29, 1.82) is 0 Å². The molecule has 0 radical (unpaired) electrons. The summed E-state index contributed by atoms with van der Waals surface area (Å²) in [6.07, 6.45) is 4.35. The summed E-state index contributed by atoms with van der Waals surface area (Å²) in [5, 5.41) is 2.55. The lowest BCUT2D eigenvalue weighted by Crippen LogP contribution is -2.39. The molecule has 0 aromatic carbocycles. The van der Waals surface area contributed by atoms with Gasteiger partial charge in [-0.05, 0) is 6.42 Å². The minimum atomic E-state index is -0.0378. The lowest BCUT2D eigenvalue weighted by molar-refractivity contribution is -0.123. The van der Waals surface area contributed by atoms with Crippen LogP contribution in [0.3, 0.4) is 0 Å². The molecule has 0 aliphatic heterocycles. The Morgan fingerprint density at radius 3 is 2.64 bits per heavy atom. The van der Waals surface area contributed by atoms with Gasteiger partial charge in [-0.15, -0.1) is 0 Å². The van der Waals surface area contributed by atoms with E-state index in [9.17, 15) is 4.79 Å². The molecule has 1 atom stereocenters. The van der Waals surface area contributed by atoms with E-state index in [1.165, 1.54) is 12.8 Å². The van der Waals surface area contributed by atoms with Crippen LogP contribution in [0.15, 0.2) is 4.99 Å². The number of hydrogen-bond acceptors (Lipinski definition) is 2. The number of amides is 1. The zero-order valence-corrected chi connectivity index (χ0v) is 9.34. The van der Waals surface area contributed by atoms with Crippen molar-refractivity contribution >= 4 is 11.9 Å². The first-order chi connectivity index (χ1) is 6.61. The molecule has 0 aromatic heterocycles. The maximum atomic E-state index is 11.4. The van der Waals surface area contributed by atoms with Gasteiger partial charge in [-0.25, -0.2) is 0 Å². The Morgan fingerprint density at radius 2 is 2.14 bits per heavy atom. The van der Waals surface area contributed by atoms with E-state index in [-0.39, 0.29) is 17.8 Å². The van der Waals surface area contributed by atoms with Crippen molar-refractivity contribution in [1.82, 2.24) is 5.32 Å². The smallest absolute Gasteiger partial charge is 0.229 e. The average molecular weight is 199 g/mol. The molecule has 0 saturated carbocycles. The summed E-state index contributed by atoms with van der Waals surface area (Å²) in [7, 11) is 1.55. The summed E-state index contributed by atoms with van der Waals surface area (Å²) in [5.74, 6) is 0.170. The number of nitrogens with one attached hydrogen (secondary N) is 1. The first-order valence-corrected chi connectivity index (χ1v) is 5.15. The van der Waals surface area contributed by atoms with E-state index in [0.29, 0.717) is 0 Å². The van der Waals surface area contributed by atoms with Crippen molar-refractivity contribution in [2.45, 2.75) is 39.5 Å². The average Bonchev–Trinajstić information content (AvgIpc) is 2.17. The van der Waals surface area contributed by atoms with Gasteiger partial charge in [0.1, 0.15) is 0 Å². The van der Waals surface area contributed by atoms with E-state index >= 15 is 0 Å². The normalized spacial score (nSPS) is 13.8. The van der Waals surface area contributed by atoms with Gasteiger partial charge in [-0.1, -0.05) is 33.1 Å². The molecule has 0 aromatic rings. The van der Waals surface area contributed by atoms with Crippen LogP contribution in [0.2, 0.25) is 0 Å². The molecule has 0 aliphatic carbocycles. The molecule has 0 spiro atoms. The summed E-state index contributed by atoms with van der Waals surface area (Å²) in [6, 6.07) is 0. The Kier molecular flexibility index (Phi) is 6.80. The van der Waals surface area contributed by atoms with Crippen molar-refractivity contribution < 1.29 is 4.79 Å². The predicted molar refractivity (Wildman–Crippen MR) is 59.0 cm³/mol. The van der Waals surface area contributed by atoms with Crippen LogP contribution in [-0.2, 0) is 4.79 Å². The maximum Gasteiger partial charge on any atom is 0.229 e. The molecule has 4 nitrogen and oxygen atoms in total. The zero-order chi connectivity index (χ0) is 11.0. The molecular formula is C10H21N3O. The second-order valence-corrected chi connectivity index (χ2v) is 3.49. The number of guanidine groups is 1. The summed E-state index contributed by atoms with van der Waals surface area (Å²) >= 11 is 0. The topological polar surface area (TPSA) is 67.5 Å². The fourth-order valence-electron chi connectivity index (χ4n) is 1.14. The van der Waals surface area contributed by atoms with Crippen molar-refractivity contribution in [2.75, 3.05) is 7.05 Å². The molecule has 0 heterocycles. The van der Waals surface area contributed by atoms with Crippen LogP contribution in [0.25, 0.3) is 0 Å². The van der Waals surface area contributed by atoms with E-state index in [1.54, 1.807) is 7.05 Å². The highest BCUT2D eigenvalue weighted by Crippen LogP contribution is 2.08. The number of nitrogens with two attached hydrogens (primary N) is 1. The number of carbonyl (C=O) groups is 1. The Labute approximate surface area is 86.0 Å². The van der Waals surface area contributed by atoms with Crippen LogP contribution >= 0.6 is 0 Å². The first kappa shape index (κ1) is 12.9. The lowest BCUT2D eigenvalue weighted by atomic mass is 10.0. The standard InChI is InChI=1S/C10H21N3O/c1-4-5-6-7-8(2)9(14)13-10(11)12-3/h8H,4-7H2,1-3H3,(H3,11,12,13,14). The second kappa shape index (κ2) is 7.35. The lowest BCUT2D eigenvalue weighted by Gasteiger charge is -2.10. The number of carbonyl (C=O) groups excluding carboxylic acids is 1. The van der Waals surface area contributed by atoms with E-state index in [0.717, 1.165) is 12.8 Å². The highest BCUT2D eigenvalue weighted by atomic mass is 16.2. The molecule has 0 bridgehead atoms. The van der Waals surface area contributed by atoms with Crippen LogP contribution in [0.4, 0.5) is 0 Å². The first-order valence-electron chi connectivity index (χ1n) is 5.15. The summed E-state index contributed by atoms with van der Waals surface area (Å²) in [5.41, 5.74) is 5.38. The minimum Gasteiger partial charge on any atom is -0.370 e. The van der Waals surface area contributed by atoms with Crippen LogP contribution in [0.5, 0.6) is 0 Å². The summed E-state index contributed by atoms with van der Waals surface area (Å²) < 4.78 is 0. The summed E-state index contributed by atoms with van der Waals surface area (Å²) in [6.45, 7) is 4.06. The number of hydrogen-bond donors (Lipinski definition) is 2. The molecule has 0 fully saturated rings. The molecule has 14 heavy (non-hydrogen) atoms. The van der Waals surface area contributed by atoms with Crippen LogP contribution in [0.1, 0.15) is 39.5 Å². The number of aliphatic imine (C=N–C) groups is 1. The second-order valence-electron chi connectivity index (χ2n) is 3.49. The van der Waals surface area contributed by atoms with Crippen molar-refractivity contribution in [2.24, 2.45) is 16.6 Å². The molecule has 0 aliphatic rings. The quantitative estimate of drug-likeness (QED) is 0.397. The fourth-order valence-corrected chi connectivity index (χ4v) is 1.14. The number of rotatable bonds is 5. The molecule has 1 amide bonds. The minimum absolute atomic E-state index is 0.0156. The third kappa shape index (κ3) is 5.56. The molecule has 1 unspecified atom stereocenters. The zero-order valence-electron chi connectivity index (χ0n) is 9.34. The molecule has 0 rings (SSSR count). The van der Waals surface area contributed by atoms with Gasteiger partial charge in [-0.3, -0.25) is 15.1 Å². The molecule has 3 N–H and O–H groups in total. The van der Waals surface area contributed by atoms with E-state index < -0.39 is 0 Å². The molecule has 0 saturated heterocycles. The molecular weight excluding hydrogens is 178 g/mol.